The third kappa shape index (κ3) is 2.70. The maximum Gasteiger partial charge on any atom is 0.240 e. The van der Waals surface area contributed by atoms with Crippen LogP contribution in [-0.2, 0) is 0 Å². The van der Waals surface area contributed by atoms with Gasteiger partial charge in [0.1, 0.15) is 10.6 Å². The van der Waals surface area contributed by atoms with Crippen LogP contribution in [0.15, 0.2) is 11.4 Å². The molecule has 2 unspecified atom stereocenters. The van der Waals surface area contributed by atoms with Gasteiger partial charge in [-0.1, -0.05) is 13.3 Å². The molecule has 2 aromatic rings. The summed E-state index contributed by atoms with van der Waals surface area (Å²) in [6.45, 7) is 2.22. The van der Waals surface area contributed by atoms with Crippen molar-refractivity contribution in [1.29, 1.82) is 0 Å². The number of nitrogens with zero attached hydrogens (tertiary/aromatic N) is 2. The fourth-order valence-corrected chi connectivity index (χ4v) is 4.67. The first-order chi connectivity index (χ1) is 9.81. The van der Waals surface area contributed by atoms with Gasteiger partial charge in [-0.25, -0.2) is 10.8 Å². The van der Waals surface area contributed by atoms with Crippen LogP contribution in [-0.4, -0.2) is 27.0 Å². The van der Waals surface area contributed by atoms with Crippen molar-refractivity contribution in [3.05, 3.63) is 11.4 Å². The standard InChI is InChI=1S/C13H19N5S2/c1-2-19-10-5-3-4-9(10)15-11-8-6-7-20-12(8)17-13(16-11)18-14/h6-7,9-10H,2-5,14H2,1H3,(H2,15,16,17,18). The number of nitrogens with two attached hydrogens (primary N) is 1. The molecule has 4 N–H and O–H groups in total. The van der Waals surface area contributed by atoms with Gasteiger partial charge in [-0.2, -0.15) is 16.7 Å². The van der Waals surface area contributed by atoms with E-state index in [1.807, 2.05) is 17.1 Å². The molecule has 7 heteroatoms. The molecule has 1 saturated carbocycles. The average Bonchev–Trinajstić information content (AvgIpc) is 3.08. The molecular weight excluding hydrogens is 290 g/mol. The first-order valence-corrected chi connectivity index (χ1v) is 8.84. The molecule has 0 aromatic carbocycles. The van der Waals surface area contributed by atoms with Gasteiger partial charge in [0, 0.05) is 11.3 Å². The number of thiophene rings is 1. The maximum atomic E-state index is 5.46. The average molecular weight is 309 g/mol. The predicted octanol–water partition coefficient (Wildman–Crippen LogP) is 3.06. The Hall–Kier alpha value is -1.05. The van der Waals surface area contributed by atoms with Crippen LogP contribution in [0.3, 0.4) is 0 Å². The molecule has 1 aliphatic rings. The van der Waals surface area contributed by atoms with Crippen LogP contribution < -0.4 is 16.6 Å². The van der Waals surface area contributed by atoms with Gasteiger partial charge in [0.25, 0.3) is 0 Å². The van der Waals surface area contributed by atoms with E-state index in [1.54, 1.807) is 11.3 Å². The minimum absolute atomic E-state index is 0.472. The number of aromatic nitrogens is 2. The van der Waals surface area contributed by atoms with Crippen molar-refractivity contribution in [2.45, 2.75) is 37.5 Å². The number of hydrazine groups is 1. The summed E-state index contributed by atoms with van der Waals surface area (Å²) in [7, 11) is 0. The zero-order chi connectivity index (χ0) is 13.9. The van der Waals surface area contributed by atoms with Crippen LogP contribution in [0.1, 0.15) is 26.2 Å². The molecule has 20 heavy (non-hydrogen) atoms. The summed E-state index contributed by atoms with van der Waals surface area (Å²) in [4.78, 5) is 9.82. The lowest BCUT2D eigenvalue weighted by molar-refractivity contribution is 0.764. The van der Waals surface area contributed by atoms with Crippen LogP contribution in [0.2, 0.25) is 0 Å². The van der Waals surface area contributed by atoms with Gasteiger partial charge in [0.05, 0.1) is 5.39 Å². The molecule has 0 saturated heterocycles. The van der Waals surface area contributed by atoms with Gasteiger partial charge < -0.3 is 5.32 Å². The van der Waals surface area contributed by atoms with Crippen molar-refractivity contribution >= 4 is 45.1 Å². The number of anilines is 2. The van der Waals surface area contributed by atoms with E-state index >= 15 is 0 Å². The summed E-state index contributed by atoms with van der Waals surface area (Å²) in [6.07, 6.45) is 3.78. The van der Waals surface area contributed by atoms with Crippen molar-refractivity contribution in [3.8, 4) is 0 Å². The number of thioether (sulfide) groups is 1. The molecule has 0 radical (unpaired) electrons. The van der Waals surface area contributed by atoms with Crippen LogP contribution in [0, 0.1) is 0 Å². The molecule has 0 spiro atoms. The van der Waals surface area contributed by atoms with Crippen LogP contribution in [0.25, 0.3) is 10.2 Å². The van der Waals surface area contributed by atoms with Crippen molar-refractivity contribution in [3.63, 3.8) is 0 Å². The summed E-state index contributed by atoms with van der Waals surface area (Å²) >= 11 is 3.65. The molecule has 1 fully saturated rings. The van der Waals surface area contributed by atoms with E-state index in [0.29, 0.717) is 17.2 Å². The quantitative estimate of drug-likeness (QED) is 0.582. The lowest BCUT2D eigenvalue weighted by atomic mass is 10.2. The molecule has 1 aliphatic carbocycles. The fraction of sp³-hybridized carbons (Fsp3) is 0.538. The molecule has 108 valence electrons. The Balaban J connectivity index is 1.87. The van der Waals surface area contributed by atoms with Crippen molar-refractivity contribution < 1.29 is 0 Å². The monoisotopic (exact) mass is 309 g/mol. The first-order valence-electron chi connectivity index (χ1n) is 6.91. The molecule has 3 rings (SSSR count). The molecule has 5 nitrogen and oxygen atoms in total. The molecule has 2 atom stereocenters. The minimum atomic E-state index is 0.472. The Morgan fingerprint density at radius 2 is 2.35 bits per heavy atom. The normalized spacial score (nSPS) is 22.3. The smallest absolute Gasteiger partial charge is 0.240 e. The zero-order valence-corrected chi connectivity index (χ0v) is 13.1. The van der Waals surface area contributed by atoms with E-state index in [2.05, 4.69) is 33.7 Å². The van der Waals surface area contributed by atoms with Gasteiger partial charge >= 0.3 is 0 Å². The van der Waals surface area contributed by atoms with Crippen molar-refractivity contribution in [2.24, 2.45) is 5.84 Å². The highest BCUT2D eigenvalue weighted by Crippen LogP contribution is 2.34. The zero-order valence-electron chi connectivity index (χ0n) is 11.4. The maximum absolute atomic E-state index is 5.46. The van der Waals surface area contributed by atoms with E-state index in [4.69, 9.17) is 5.84 Å². The Morgan fingerprint density at radius 1 is 1.45 bits per heavy atom. The largest absolute Gasteiger partial charge is 0.366 e. The predicted molar refractivity (Wildman–Crippen MR) is 88.4 cm³/mol. The van der Waals surface area contributed by atoms with E-state index in [1.165, 1.54) is 19.3 Å². The van der Waals surface area contributed by atoms with Crippen LogP contribution >= 0.6 is 23.1 Å². The first kappa shape index (κ1) is 13.9. The number of hydrogen-bond donors (Lipinski definition) is 3. The van der Waals surface area contributed by atoms with E-state index in [0.717, 1.165) is 21.8 Å². The summed E-state index contributed by atoms with van der Waals surface area (Å²) in [6, 6.07) is 2.56. The molecule has 0 bridgehead atoms. The topological polar surface area (TPSA) is 75.9 Å². The van der Waals surface area contributed by atoms with E-state index in [-0.39, 0.29) is 0 Å². The second kappa shape index (κ2) is 6.15. The summed E-state index contributed by atoms with van der Waals surface area (Å²) < 4.78 is 0. The minimum Gasteiger partial charge on any atom is -0.366 e. The third-order valence-electron chi connectivity index (χ3n) is 3.61. The Bertz CT molecular complexity index is 585. The highest BCUT2D eigenvalue weighted by Gasteiger charge is 2.28. The van der Waals surface area contributed by atoms with Crippen LogP contribution in [0.5, 0.6) is 0 Å². The van der Waals surface area contributed by atoms with Gasteiger partial charge in [-0.3, -0.25) is 5.43 Å². The SMILES string of the molecule is CCSC1CCCC1Nc1nc(NN)nc2sccc12. The number of hydrogen-bond acceptors (Lipinski definition) is 7. The van der Waals surface area contributed by atoms with Gasteiger partial charge in [-0.15, -0.1) is 11.3 Å². The lowest BCUT2D eigenvalue weighted by Gasteiger charge is -2.21. The Morgan fingerprint density at radius 3 is 3.15 bits per heavy atom. The second-order valence-corrected chi connectivity index (χ2v) is 7.27. The number of nitrogens with one attached hydrogen (secondary N) is 2. The van der Waals surface area contributed by atoms with Crippen molar-refractivity contribution in [1.82, 2.24) is 9.97 Å². The van der Waals surface area contributed by atoms with Crippen LogP contribution in [0.4, 0.5) is 11.8 Å². The van der Waals surface area contributed by atoms with E-state index < -0.39 is 0 Å². The van der Waals surface area contributed by atoms with Gasteiger partial charge in [0.15, 0.2) is 0 Å². The Labute approximate surface area is 126 Å². The fourth-order valence-electron chi connectivity index (χ4n) is 2.71. The van der Waals surface area contributed by atoms with E-state index in [9.17, 15) is 0 Å². The molecule has 2 aromatic heterocycles. The summed E-state index contributed by atoms with van der Waals surface area (Å²) in [5, 5.41) is 7.42. The van der Waals surface area contributed by atoms with Crippen molar-refractivity contribution in [2.75, 3.05) is 16.5 Å². The number of fused-ring (bicyclic) bond motifs is 1. The molecule has 0 amide bonds. The molecule has 0 aliphatic heterocycles. The summed E-state index contributed by atoms with van der Waals surface area (Å²) in [5.41, 5.74) is 2.55. The van der Waals surface area contributed by atoms with Gasteiger partial charge in [0.2, 0.25) is 5.95 Å². The number of nitrogen functional groups attached to an aromatic ring is 1. The Kier molecular flexibility index (Phi) is 4.28. The highest BCUT2D eigenvalue weighted by molar-refractivity contribution is 7.99. The van der Waals surface area contributed by atoms with Gasteiger partial charge in [-0.05, 0) is 30.0 Å². The summed E-state index contributed by atoms with van der Waals surface area (Å²) in [5.74, 6) is 8.00. The number of rotatable bonds is 5. The second-order valence-electron chi connectivity index (χ2n) is 4.86. The lowest BCUT2D eigenvalue weighted by Crippen LogP contribution is -2.27. The molecule has 2 heterocycles. The molecular formula is C13H19N5S2. The highest BCUT2D eigenvalue weighted by atomic mass is 32.2. The third-order valence-corrected chi connectivity index (χ3v) is 5.74.